The molecule has 0 fully saturated rings. The zero-order valence-corrected chi connectivity index (χ0v) is 11.1. The summed E-state index contributed by atoms with van der Waals surface area (Å²) in [5.74, 6) is 0. The van der Waals surface area contributed by atoms with Crippen molar-refractivity contribution in [2.75, 3.05) is 13.1 Å². The fourth-order valence-electron chi connectivity index (χ4n) is 2.73. The first-order valence-corrected chi connectivity index (χ1v) is 6.88. The standard InChI is InChI=1S/C15H20N4/c16-8-6-14-13-11-19(9-7-15(13)18-17-14)10-12-4-2-1-3-5-12/h1-5H,6-11,16H2,(H,17,18). The quantitative estimate of drug-likeness (QED) is 0.871. The van der Waals surface area contributed by atoms with E-state index >= 15 is 0 Å². The molecule has 0 aliphatic carbocycles. The van der Waals surface area contributed by atoms with Crippen LogP contribution in [0, 0.1) is 0 Å². The molecule has 1 aromatic heterocycles. The molecule has 19 heavy (non-hydrogen) atoms. The maximum absolute atomic E-state index is 5.64. The second-order valence-electron chi connectivity index (χ2n) is 5.11. The molecule has 0 saturated heterocycles. The lowest BCUT2D eigenvalue weighted by Gasteiger charge is -2.27. The number of rotatable bonds is 4. The third-order valence-corrected chi connectivity index (χ3v) is 3.73. The van der Waals surface area contributed by atoms with Crippen molar-refractivity contribution in [3.63, 3.8) is 0 Å². The molecule has 2 aromatic rings. The maximum atomic E-state index is 5.64. The lowest BCUT2D eigenvalue weighted by atomic mass is 10.0. The Balaban J connectivity index is 1.72. The number of nitrogens with zero attached hydrogens (tertiary/aromatic N) is 2. The van der Waals surface area contributed by atoms with Crippen LogP contribution < -0.4 is 5.73 Å². The van der Waals surface area contributed by atoms with Crippen molar-refractivity contribution >= 4 is 0 Å². The molecule has 1 aliphatic heterocycles. The lowest BCUT2D eigenvalue weighted by Crippen LogP contribution is -2.30. The van der Waals surface area contributed by atoms with Gasteiger partial charge in [0.2, 0.25) is 0 Å². The Morgan fingerprint density at radius 1 is 1.26 bits per heavy atom. The van der Waals surface area contributed by atoms with Crippen molar-refractivity contribution in [2.24, 2.45) is 5.73 Å². The molecule has 1 aliphatic rings. The molecule has 3 rings (SSSR count). The highest BCUT2D eigenvalue weighted by atomic mass is 15.2. The van der Waals surface area contributed by atoms with E-state index < -0.39 is 0 Å². The molecule has 0 spiro atoms. The van der Waals surface area contributed by atoms with Gasteiger partial charge >= 0.3 is 0 Å². The summed E-state index contributed by atoms with van der Waals surface area (Å²) in [4.78, 5) is 2.48. The number of nitrogens with one attached hydrogen (secondary N) is 1. The van der Waals surface area contributed by atoms with Crippen LogP contribution in [0.15, 0.2) is 30.3 Å². The molecule has 0 atom stereocenters. The van der Waals surface area contributed by atoms with Gasteiger partial charge < -0.3 is 5.73 Å². The Kier molecular flexibility index (Phi) is 3.62. The van der Waals surface area contributed by atoms with Crippen molar-refractivity contribution in [1.82, 2.24) is 15.1 Å². The summed E-state index contributed by atoms with van der Waals surface area (Å²) >= 11 is 0. The summed E-state index contributed by atoms with van der Waals surface area (Å²) < 4.78 is 0. The first-order chi connectivity index (χ1) is 9.36. The van der Waals surface area contributed by atoms with Crippen LogP contribution in [0.4, 0.5) is 0 Å². The highest BCUT2D eigenvalue weighted by Gasteiger charge is 2.21. The lowest BCUT2D eigenvalue weighted by molar-refractivity contribution is 0.244. The van der Waals surface area contributed by atoms with Crippen LogP contribution in [-0.4, -0.2) is 28.2 Å². The van der Waals surface area contributed by atoms with E-state index in [1.165, 1.54) is 16.8 Å². The molecule has 100 valence electrons. The molecule has 0 amide bonds. The monoisotopic (exact) mass is 256 g/mol. The molecule has 4 heteroatoms. The second kappa shape index (κ2) is 5.55. The van der Waals surface area contributed by atoms with E-state index in [1.807, 2.05) is 0 Å². The van der Waals surface area contributed by atoms with Gasteiger partial charge in [0.1, 0.15) is 0 Å². The van der Waals surface area contributed by atoms with E-state index in [1.54, 1.807) is 0 Å². The molecule has 0 radical (unpaired) electrons. The summed E-state index contributed by atoms with van der Waals surface area (Å²) in [6.07, 6.45) is 1.92. The van der Waals surface area contributed by atoms with Crippen molar-refractivity contribution in [2.45, 2.75) is 25.9 Å². The highest BCUT2D eigenvalue weighted by Crippen LogP contribution is 2.21. The van der Waals surface area contributed by atoms with Gasteiger partial charge in [0.25, 0.3) is 0 Å². The fraction of sp³-hybridized carbons (Fsp3) is 0.400. The number of H-pyrrole nitrogens is 1. The summed E-state index contributed by atoms with van der Waals surface area (Å²) in [6.45, 7) is 3.74. The number of aromatic amines is 1. The normalized spacial score (nSPS) is 15.4. The van der Waals surface area contributed by atoms with Crippen LogP contribution in [0.2, 0.25) is 0 Å². The van der Waals surface area contributed by atoms with E-state index in [0.717, 1.165) is 38.2 Å². The van der Waals surface area contributed by atoms with Gasteiger partial charge in [0, 0.05) is 43.7 Å². The summed E-state index contributed by atoms with van der Waals surface area (Å²) in [6, 6.07) is 10.6. The van der Waals surface area contributed by atoms with Crippen molar-refractivity contribution in [3.05, 3.63) is 52.8 Å². The Hall–Kier alpha value is -1.65. The number of aromatic nitrogens is 2. The smallest absolute Gasteiger partial charge is 0.0682 e. The topological polar surface area (TPSA) is 57.9 Å². The van der Waals surface area contributed by atoms with E-state index in [9.17, 15) is 0 Å². The van der Waals surface area contributed by atoms with Gasteiger partial charge in [0.15, 0.2) is 0 Å². The second-order valence-corrected chi connectivity index (χ2v) is 5.11. The summed E-state index contributed by atoms with van der Waals surface area (Å²) in [7, 11) is 0. The largest absolute Gasteiger partial charge is 0.330 e. The Morgan fingerprint density at radius 3 is 2.89 bits per heavy atom. The minimum atomic E-state index is 0.663. The van der Waals surface area contributed by atoms with Crippen LogP contribution >= 0.6 is 0 Å². The van der Waals surface area contributed by atoms with Crippen molar-refractivity contribution in [1.29, 1.82) is 0 Å². The van der Waals surface area contributed by atoms with Crippen molar-refractivity contribution in [3.8, 4) is 0 Å². The third kappa shape index (κ3) is 2.69. The van der Waals surface area contributed by atoms with Crippen LogP contribution in [0.25, 0.3) is 0 Å². The number of hydrogen-bond acceptors (Lipinski definition) is 3. The number of nitrogens with two attached hydrogens (primary N) is 1. The molecule has 0 unspecified atom stereocenters. The summed E-state index contributed by atoms with van der Waals surface area (Å²) in [5, 5.41) is 7.56. The molecule has 1 aromatic carbocycles. The van der Waals surface area contributed by atoms with E-state index in [2.05, 4.69) is 45.4 Å². The predicted octanol–water partition coefficient (Wildman–Crippen LogP) is 1.47. The first-order valence-electron chi connectivity index (χ1n) is 6.88. The van der Waals surface area contributed by atoms with Gasteiger partial charge in [-0.3, -0.25) is 10.00 Å². The average molecular weight is 256 g/mol. The highest BCUT2D eigenvalue weighted by molar-refractivity contribution is 5.28. The Morgan fingerprint density at radius 2 is 2.11 bits per heavy atom. The molecular weight excluding hydrogens is 236 g/mol. The Bertz CT molecular complexity index is 532. The molecule has 4 nitrogen and oxygen atoms in total. The van der Waals surface area contributed by atoms with Crippen LogP contribution in [0.5, 0.6) is 0 Å². The first kappa shape index (κ1) is 12.4. The van der Waals surface area contributed by atoms with Gasteiger partial charge in [-0.15, -0.1) is 0 Å². The number of fused-ring (bicyclic) bond motifs is 1. The fourth-order valence-corrected chi connectivity index (χ4v) is 2.73. The van der Waals surface area contributed by atoms with Gasteiger partial charge in [0.05, 0.1) is 5.69 Å². The van der Waals surface area contributed by atoms with Gasteiger partial charge in [-0.2, -0.15) is 5.10 Å². The molecular formula is C15H20N4. The Labute approximate surface area is 113 Å². The van der Waals surface area contributed by atoms with Gasteiger partial charge in [-0.25, -0.2) is 0 Å². The van der Waals surface area contributed by atoms with Crippen LogP contribution in [0.3, 0.4) is 0 Å². The maximum Gasteiger partial charge on any atom is 0.0682 e. The minimum absolute atomic E-state index is 0.663. The average Bonchev–Trinajstić information content (AvgIpc) is 2.83. The minimum Gasteiger partial charge on any atom is -0.330 e. The van der Waals surface area contributed by atoms with Gasteiger partial charge in [-0.05, 0) is 12.1 Å². The molecule has 0 saturated carbocycles. The number of benzene rings is 1. The number of hydrogen-bond donors (Lipinski definition) is 2. The van der Waals surface area contributed by atoms with Gasteiger partial charge in [-0.1, -0.05) is 30.3 Å². The SMILES string of the molecule is NCCc1n[nH]c2c1CN(Cc1ccccc1)CC2. The van der Waals surface area contributed by atoms with Crippen LogP contribution in [-0.2, 0) is 25.9 Å². The summed E-state index contributed by atoms with van der Waals surface area (Å²) in [5.41, 5.74) is 10.8. The van der Waals surface area contributed by atoms with E-state index in [4.69, 9.17) is 5.73 Å². The van der Waals surface area contributed by atoms with E-state index in [-0.39, 0.29) is 0 Å². The molecule has 0 bridgehead atoms. The van der Waals surface area contributed by atoms with E-state index in [0.29, 0.717) is 6.54 Å². The zero-order chi connectivity index (χ0) is 13.1. The molecule has 3 N–H and O–H groups in total. The molecule has 2 heterocycles. The van der Waals surface area contributed by atoms with Crippen molar-refractivity contribution < 1.29 is 0 Å². The van der Waals surface area contributed by atoms with Crippen LogP contribution in [0.1, 0.15) is 22.5 Å². The predicted molar refractivity (Wildman–Crippen MR) is 75.6 cm³/mol. The zero-order valence-electron chi connectivity index (χ0n) is 11.1. The third-order valence-electron chi connectivity index (χ3n) is 3.73.